The zero-order chi connectivity index (χ0) is 14.5. The molecule has 1 aliphatic heterocycles. The lowest BCUT2D eigenvalue weighted by atomic mass is 10.2. The molecule has 0 bridgehead atoms. The van der Waals surface area contributed by atoms with Gasteiger partial charge >= 0.3 is 0 Å². The molecule has 0 spiro atoms. The van der Waals surface area contributed by atoms with Gasteiger partial charge in [0.05, 0.1) is 18.8 Å². The van der Waals surface area contributed by atoms with Gasteiger partial charge in [0.2, 0.25) is 0 Å². The van der Waals surface area contributed by atoms with E-state index in [1.807, 2.05) is 6.07 Å². The van der Waals surface area contributed by atoms with Gasteiger partial charge in [0, 0.05) is 12.7 Å². The molecule has 3 rings (SSSR count). The molecule has 0 amide bonds. The first kappa shape index (κ1) is 14.2. The standard InChI is InChI=1S/C16H19NO4/c17-8-13-7-14(19-6-5-18-9-12-1-2-12)3-4-16(13)21-11-15-10-20-15/h3-4,7,12,15H,1-2,5-6,9-11H2. The zero-order valence-corrected chi connectivity index (χ0v) is 11.9. The molecule has 1 atom stereocenters. The average Bonchev–Trinajstić information content (AvgIpc) is 3.38. The van der Waals surface area contributed by atoms with Gasteiger partial charge in [0.25, 0.3) is 0 Å². The van der Waals surface area contributed by atoms with Crippen molar-refractivity contribution in [2.24, 2.45) is 5.92 Å². The zero-order valence-electron chi connectivity index (χ0n) is 11.9. The van der Waals surface area contributed by atoms with Crippen molar-refractivity contribution < 1.29 is 18.9 Å². The van der Waals surface area contributed by atoms with E-state index in [0.717, 1.165) is 19.1 Å². The molecule has 5 nitrogen and oxygen atoms in total. The number of hydrogen-bond donors (Lipinski definition) is 0. The van der Waals surface area contributed by atoms with Crippen molar-refractivity contribution in [3.8, 4) is 17.6 Å². The first-order valence-corrected chi connectivity index (χ1v) is 7.34. The Hall–Kier alpha value is -1.77. The van der Waals surface area contributed by atoms with E-state index in [-0.39, 0.29) is 6.10 Å². The fourth-order valence-electron chi connectivity index (χ4n) is 1.91. The molecule has 1 saturated heterocycles. The predicted molar refractivity (Wildman–Crippen MR) is 75.4 cm³/mol. The highest BCUT2D eigenvalue weighted by Crippen LogP contribution is 2.28. The summed E-state index contributed by atoms with van der Waals surface area (Å²) < 4.78 is 21.7. The Morgan fingerprint density at radius 3 is 2.76 bits per heavy atom. The molecule has 1 aliphatic carbocycles. The number of nitriles is 1. The summed E-state index contributed by atoms with van der Waals surface area (Å²) in [5.41, 5.74) is 0.479. The minimum absolute atomic E-state index is 0.177. The van der Waals surface area contributed by atoms with Gasteiger partial charge in [-0.1, -0.05) is 0 Å². The molecule has 0 aromatic heterocycles. The van der Waals surface area contributed by atoms with Crippen LogP contribution in [0.1, 0.15) is 18.4 Å². The molecular weight excluding hydrogens is 270 g/mol. The quantitative estimate of drug-likeness (QED) is 0.515. The molecule has 1 saturated carbocycles. The minimum atomic E-state index is 0.177. The van der Waals surface area contributed by atoms with Crippen LogP contribution in [0, 0.1) is 17.2 Å². The van der Waals surface area contributed by atoms with E-state index >= 15 is 0 Å². The van der Waals surface area contributed by atoms with E-state index in [1.165, 1.54) is 12.8 Å². The lowest BCUT2D eigenvalue weighted by Crippen LogP contribution is -2.09. The third kappa shape index (κ3) is 4.62. The summed E-state index contributed by atoms with van der Waals surface area (Å²) in [6.07, 6.45) is 2.76. The van der Waals surface area contributed by atoms with Crippen LogP contribution in [0.3, 0.4) is 0 Å². The van der Waals surface area contributed by atoms with Crippen molar-refractivity contribution in [2.75, 3.05) is 33.0 Å². The summed E-state index contributed by atoms with van der Waals surface area (Å²) in [5, 5.41) is 9.16. The Bertz CT molecular complexity index is 517. The van der Waals surface area contributed by atoms with Gasteiger partial charge in [-0.25, -0.2) is 0 Å². The number of epoxide rings is 1. The van der Waals surface area contributed by atoms with E-state index in [9.17, 15) is 0 Å². The fourth-order valence-corrected chi connectivity index (χ4v) is 1.91. The fraction of sp³-hybridized carbons (Fsp3) is 0.562. The van der Waals surface area contributed by atoms with E-state index in [1.54, 1.807) is 12.1 Å². The van der Waals surface area contributed by atoms with Gasteiger partial charge in [-0.2, -0.15) is 5.26 Å². The second-order valence-corrected chi connectivity index (χ2v) is 5.40. The summed E-state index contributed by atoms with van der Waals surface area (Å²) in [5.74, 6) is 2.00. The Balaban J connectivity index is 1.44. The molecule has 2 fully saturated rings. The molecule has 0 N–H and O–H groups in total. The lowest BCUT2D eigenvalue weighted by molar-refractivity contribution is 0.0927. The van der Waals surface area contributed by atoms with Gasteiger partial charge < -0.3 is 18.9 Å². The molecule has 2 aliphatic rings. The summed E-state index contributed by atoms with van der Waals surface area (Å²) >= 11 is 0. The van der Waals surface area contributed by atoms with E-state index < -0.39 is 0 Å². The van der Waals surface area contributed by atoms with Crippen molar-refractivity contribution in [1.29, 1.82) is 5.26 Å². The third-order valence-corrected chi connectivity index (χ3v) is 3.45. The Labute approximate surface area is 124 Å². The smallest absolute Gasteiger partial charge is 0.137 e. The first-order valence-electron chi connectivity index (χ1n) is 7.34. The first-order chi connectivity index (χ1) is 10.3. The van der Waals surface area contributed by atoms with Crippen LogP contribution in [0.5, 0.6) is 11.5 Å². The van der Waals surface area contributed by atoms with Crippen molar-refractivity contribution in [3.63, 3.8) is 0 Å². The van der Waals surface area contributed by atoms with Crippen molar-refractivity contribution >= 4 is 0 Å². The van der Waals surface area contributed by atoms with Gasteiger partial charge in [0.1, 0.15) is 36.9 Å². The van der Waals surface area contributed by atoms with Crippen LogP contribution < -0.4 is 9.47 Å². The molecule has 0 radical (unpaired) electrons. The Morgan fingerprint density at radius 2 is 2.05 bits per heavy atom. The molecule has 1 heterocycles. The predicted octanol–water partition coefficient (Wildman–Crippen LogP) is 2.14. The van der Waals surface area contributed by atoms with Crippen molar-refractivity contribution in [3.05, 3.63) is 23.8 Å². The summed E-state index contributed by atoms with van der Waals surface area (Å²) in [6.45, 7) is 3.14. The lowest BCUT2D eigenvalue weighted by Gasteiger charge is -2.10. The summed E-state index contributed by atoms with van der Waals surface area (Å²) in [6, 6.07) is 7.40. The largest absolute Gasteiger partial charge is 0.491 e. The topological polar surface area (TPSA) is 64.0 Å². The number of hydrogen-bond acceptors (Lipinski definition) is 5. The number of nitrogens with zero attached hydrogens (tertiary/aromatic N) is 1. The number of rotatable bonds is 9. The number of ether oxygens (including phenoxy) is 4. The van der Waals surface area contributed by atoms with Gasteiger partial charge in [-0.05, 0) is 30.9 Å². The van der Waals surface area contributed by atoms with Gasteiger partial charge in [-0.3, -0.25) is 0 Å². The van der Waals surface area contributed by atoms with Crippen LogP contribution in [0.4, 0.5) is 0 Å². The molecule has 1 aromatic rings. The van der Waals surface area contributed by atoms with Gasteiger partial charge in [-0.15, -0.1) is 0 Å². The van der Waals surface area contributed by atoms with Crippen molar-refractivity contribution in [2.45, 2.75) is 18.9 Å². The maximum absolute atomic E-state index is 9.16. The highest BCUT2D eigenvalue weighted by molar-refractivity contribution is 5.47. The van der Waals surface area contributed by atoms with E-state index in [4.69, 9.17) is 24.2 Å². The van der Waals surface area contributed by atoms with Crippen LogP contribution in [0.15, 0.2) is 18.2 Å². The maximum Gasteiger partial charge on any atom is 0.137 e. The van der Waals surface area contributed by atoms with Crippen LogP contribution in [-0.2, 0) is 9.47 Å². The molecule has 1 aromatic carbocycles. The van der Waals surface area contributed by atoms with Crippen LogP contribution in [-0.4, -0.2) is 39.1 Å². The SMILES string of the molecule is N#Cc1cc(OCCOCC2CC2)ccc1OCC1CO1. The van der Waals surface area contributed by atoms with Gasteiger partial charge in [0.15, 0.2) is 0 Å². The van der Waals surface area contributed by atoms with Crippen LogP contribution in [0.2, 0.25) is 0 Å². The van der Waals surface area contributed by atoms with E-state index in [2.05, 4.69) is 6.07 Å². The Kier molecular flexibility index (Phi) is 4.59. The molecule has 21 heavy (non-hydrogen) atoms. The highest BCUT2D eigenvalue weighted by atomic mass is 16.6. The molecule has 5 heteroatoms. The molecule has 1 unspecified atom stereocenters. The third-order valence-electron chi connectivity index (χ3n) is 3.45. The highest BCUT2D eigenvalue weighted by Gasteiger charge is 2.23. The minimum Gasteiger partial charge on any atom is -0.491 e. The van der Waals surface area contributed by atoms with Crippen LogP contribution >= 0.6 is 0 Å². The second-order valence-electron chi connectivity index (χ2n) is 5.40. The molecular formula is C16H19NO4. The summed E-state index contributed by atoms with van der Waals surface area (Å²) in [7, 11) is 0. The van der Waals surface area contributed by atoms with Crippen molar-refractivity contribution in [1.82, 2.24) is 0 Å². The number of benzene rings is 1. The maximum atomic E-state index is 9.16. The normalized spacial score (nSPS) is 19.9. The summed E-state index contributed by atoms with van der Waals surface area (Å²) in [4.78, 5) is 0. The van der Waals surface area contributed by atoms with E-state index in [0.29, 0.717) is 36.9 Å². The monoisotopic (exact) mass is 289 g/mol. The van der Waals surface area contributed by atoms with Crippen LogP contribution in [0.25, 0.3) is 0 Å². The second kappa shape index (κ2) is 6.79. The Morgan fingerprint density at radius 1 is 1.19 bits per heavy atom. The average molecular weight is 289 g/mol. The molecule has 112 valence electrons.